The zero-order chi connectivity index (χ0) is 22.1. The molecule has 0 saturated carbocycles. The first-order valence-corrected chi connectivity index (χ1v) is 9.03. The van der Waals surface area contributed by atoms with E-state index in [1.165, 1.54) is 32.2 Å². The van der Waals surface area contributed by atoms with E-state index in [-0.39, 0.29) is 11.4 Å². The highest BCUT2D eigenvalue weighted by molar-refractivity contribution is 5.96. The first-order valence-electron chi connectivity index (χ1n) is 9.03. The van der Waals surface area contributed by atoms with Crippen LogP contribution in [0.1, 0.15) is 19.4 Å². The van der Waals surface area contributed by atoms with Crippen molar-refractivity contribution in [2.24, 2.45) is 0 Å². The van der Waals surface area contributed by atoms with Crippen LogP contribution in [0, 0.1) is 10.1 Å². The fourth-order valence-corrected chi connectivity index (χ4v) is 2.49. The first kappa shape index (κ1) is 22.4. The Morgan fingerprint density at radius 3 is 2.60 bits per heavy atom. The van der Waals surface area contributed by atoms with Crippen molar-refractivity contribution in [1.29, 1.82) is 0 Å². The molecule has 2 aromatic rings. The van der Waals surface area contributed by atoms with Crippen LogP contribution in [-0.4, -0.2) is 36.6 Å². The van der Waals surface area contributed by atoms with Gasteiger partial charge in [0.15, 0.2) is 24.2 Å². The lowest BCUT2D eigenvalue weighted by atomic mass is 10.2. The van der Waals surface area contributed by atoms with Crippen LogP contribution in [0.3, 0.4) is 0 Å². The lowest BCUT2D eigenvalue weighted by Crippen LogP contribution is -2.31. The highest BCUT2D eigenvalue weighted by Crippen LogP contribution is 2.28. The molecule has 2 rings (SSSR count). The molecule has 0 aliphatic rings. The Hall–Kier alpha value is -3.88. The molecule has 0 fully saturated rings. The number of hydrogen-bond donors (Lipinski definition) is 1. The zero-order valence-corrected chi connectivity index (χ0v) is 16.8. The standard InChI is InChI=1S/C21H22N2O7/c1-4-7-15-10-11-18(19(12-15)28-3)29-13-20(24)30-14(2)21(25)22-16-8-5-6-9-17(16)23(26)27/h4-12,14H,13H2,1-3H3,(H,22,25)/b7-4+/t14-/m0/s1. The van der Waals surface area contributed by atoms with Crippen molar-refractivity contribution in [2.45, 2.75) is 20.0 Å². The number of nitrogens with one attached hydrogen (secondary N) is 1. The molecule has 9 heteroatoms. The Labute approximate surface area is 173 Å². The smallest absolute Gasteiger partial charge is 0.344 e. The van der Waals surface area contributed by atoms with Gasteiger partial charge in [0.05, 0.1) is 12.0 Å². The summed E-state index contributed by atoms with van der Waals surface area (Å²) in [5.41, 5.74) is 0.656. The summed E-state index contributed by atoms with van der Waals surface area (Å²) in [7, 11) is 1.48. The van der Waals surface area contributed by atoms with Gasteiger partial charge in [-0.1, -0.05) is 30.4 Å². The molecule has 0 aromatic heterocycles. The second-order valence-electron chi connectivity index (χ2n) is 6.09. The van der Waals surface area contributed by atoms with Gasteiger partial charge >= 0.3 is 5.97 Å². The topological polar surface area (TPSA) is 117 Å². The van der Waals surface area contributed by atoms with E-state index in [9.17, 15) is 19.7 Å². The van der Waals surface area contributed by atoms with E-state index in [1.807, 2.05) is 19.1 Å². The summed E-state index contributed by atoms with van der Waals surface area (Å²) < 4.78 is 15.7. The van der Waals surface area contributed by atoms with E-state index in [2.05, 4.69) is 5.32 Å². The number of rotatable bonds is 9. The quantitative estimate of drug-likeness (QED) is 0.378. The number of hydrogen-bond acceptors (Lipinski definition) is 7. The van der Waals surface area contributed by atoms with Gasteiger partial charge in [-0.05, 0) is 37.6 Å². The van der Waals surface area contributed by atoms with Crippen LogP contribution in [0.15, 0.2) is 48.5 Å². The summed E-state index contributed by atoms with van der Waals surface area (Å²) in [5, 5.41) is 13.4. The largest absolute Gasteiger partial charge is 0.493 e. The molecule has 9 nitrogen and oxygen atoms in total. The number of ether oxygens (including phenoxy) is 3. The molecule has 0 saturated heterocycles. The maximum absolute atomic E-state index is 12.2. The molecule has 0 bridgehead atoms. The Kier molecular flexibility index (Phi) is 7.92. The summed E-state index contributed by atoms with van der Waals surface area (Å²) in [6.45, 7) is 2.80. The number of para-hydroxylation sites is 2. The number of allylic oxidation sites excluding steroid dienone is 1. The molecule has 2 aromatic carbocycles. The SMILES string of the molecule is C/C=C/c1ccc(OCC(=O)O[C@@H](C)C(=O)Nc2ccccc2[N+](=O)[O-])c(OC)c1. The monoisotopic (exact) mass is 414 g/mol. The Morgan fingerprint density at radius 1 is 1.20 bits per heavy atom. The fourth-order valence-electron chi connectivity index (χ4n) is 2.49. The Balaban J connectivity index is 1.93. The number of nitrogens with zero attached hydrogens (tertiary/aromatic N) is 1. The van der Waals surface area contributed by atoms with Gasteiger partial charge in [-0.15, -0.1) is 0 Å². The predicted octanol–water partition coefficient (Wildman–Crippen LogP) is 3.59. The zero-order valence-electron chi connectivity index (χ0n) is 16.8. The Bertz CT molecular complexity index is 956. The maximum Gasteiger partial charge on any atom is 0.344 e. The summed E-state index contributed by atoms with van der Waals surface area (Å²) in [5.74, 6) is -0.689. The summed E-state index contributed by atoms with van der Waals surface area (Å²) in [6.07, 6.45) is 2.58. The number of anilines is 1. The molecule has 0 radical (unpaired) electrons. The van der Waals surface area contributed by atoms with Crippen molar-refractivity contribution in [3.8, 4) is 11.5 Å². The fraction of sp³-hybridized carbons (Fsp3) is 0.238. The molecule has 1 N–H and O–H groups in total. The molecule has 0 aliphatic carbocycles. The molecule has 0 spiro atoms. The molecule has 0 unspecified atom stereocenters. The molecule has 158 valence electrons. The molecule has 0 heterocycles. The number of methoxy groups -OCH3 is 1. The highest BCUT2D eigenvalue weighted by Gasteiger charge is 2.22. The summed E-state index contributed by atoms with van der Waals surface area (Å²) >= 11 is 0. The number of benzene rings is 2. The molecule has 1 atom stereocenters. The van der Waals surface area contributed by atoms with Gasteiger partial charge in [0.2, 0.25) is 0 Å². The van der Waals surface area contributed by atoms with Gasteiger partial charge in [0.25, 0.3) is 11.6 Å². The van der Waals surface area contributed by atoms with Gasteiger partial charge < -0.3 is 19.5 Å². The normalized spacial score (nSPS) is 11.6. The van der Waals surface area contributed by atoms with Crippen molar-refractivity contribution >= 4 is 29.3 Å². The minimum Gasteiger partial charge on any atom is -0.493 e. The Morgan fingerprint density at radius 2 is 1.93 bits per heavy atom. The average molecular weight is 414 g/mol. The van der Waals surface area contributed by atoms with Crippen molar-refractivity contribution in [2.75, 3.05) is 19.0 Å². The van der Waals surface area contributed by atoms with Crippen LogP contribution >= 0.6 is 0 Å². The first-order chi connectivity index (χ1) is 14.3. The summed E-state index contributed by atoms with van der Waals surface area (Å²) in [6, 6.07) is 10.9. The van der Waals surface area contributed by atoms with Crippen LogP contribution in [0.5, 0.6) is 11.5 Å². The van der Waals surface area contributed by atoms with E-state index in [0.717, 1.165) is 5.56 Å². The van der Waals surface area contributed by atoms with Crippen LogP contribution in [0.2, 0.25) is 0 Å². The molecule has 1 amide bonds. The van der Waals surface area contributed by atoms with Crippen molar-refractivity contribution in [1.82, 2.24) is 0 Å². The molecular formula is C21H22N2O7. The third-order valence-electron chi connectivity index (χ3n) is 3.93. The van der Waals surface area contributed by atoms with Gasteiger partial charge in [-0.3, -0.25) is 14.9 Å². The summed E-state index contributed by atoms with van der Waals surface area (Å²) in [4.78, 5) is 34.7. The number of amides is 1. The number of carbonyl (C=O) groups is 2. The van der Waals surface area contributed by atoms with E-state index in [0.29, 0.717) is 11.5 Å². The van der Waals surface area contributed by atoms with Crippen molar-refractivity contribution < 1.29 is 28.7 Å². The second kappa shape index (κ2) is 10.6. The minimum absolute atomic E-state index is 0.0117. The third-order valence-corrected chi connectivity index (χ3v) is 3.93. The van der Waals surface area contributed by atoms with Crippen LogP contribution in [0.4, 0.5) is 11.4 Å². The number of esters is 1. The predicted molar refractivity (Wildman–Crippen MR) is 110 cm³/mol. The van der Waals surface area contributed by atoms with E-state index in [4.69, 9.17) is 14.2 Å². The number of nitro benzene ring substituents is 1. The third kappa shape index (κ3) is 6.06. The van der Waals surface area contributed by atoms with Crippen LogP contribution < -0.4 is 14.8 Å². The van der Waals surface area contributed by atoms with Crippen LogP contribution in [-0.2, 0) is 14.3 Å². The highest BCUT2D eigenvalue weighted by atomic mass is 16.6. The number of nitro groups is 1. The average Bonchev–Trinajstić information content (AvgIpc) is 2.73. The molecular weight excluding hydrogens is 392 g/mol. The van der Waals surface area contributed by atoms with Crippen LogP contribution in [0.25, 0.3) is 6.08 Å². The lowest BCUT2D eigenvalue weighted by Gasteiger charge is -2.15. The minimum atomic E-state index is -1.18. The van der Waals surface area contributed by atoms with Gasteiger partial charge in [0.1, 0.15) is 5.69 Å². The van der Waals surface area contributed by atoms with Crippen molar-refractivity contribution in [3.05, 3.63) is 64.2 Å². The van der Waals surface area contributed by atoms with E-state index in [1.54, 1.807) is 24.3 Å². The number of carbonyl (C=O) groups excluding carboxylic acids is 2. The molecule has 0 aliphatic heterocycles. The second-order valence-corrected chi connectivity index (χ2v) is 6.09. The van der Waals surface area contributed by atoms with Gasteiger partial charge in [-0.25, -0.2) is 4.79 Å². The lowest BCUT2D eigenvalue weighted by molar-refractivity contribution is -0.383. The molecule has 30 heavy (non-hydrogen) atoms. The van der Waals surface area contributed by atoms with Crippen molar-refractivity contribution in [3.63, 3.8) is 0 Å². The van der Waals surface area contributed by atoms with E-state index >= 15 is 0 Å². The van der Waals surface area contributed by atoms with Gasteiger partial charge in [-0.2, -0.15) is 0 Å². The van der Waals surface area contributed by atoms with Gasteiger partial charge in [0, 0.05) is 6.07 Å². The maximum atomic E-state index is 12.2. The van der Waals surface area contributed by atoms with E-state index < -0.39 is 29.5 Å².